The van der Waals surface area contributed by atoms with E-state index < -0.39 is 0 Å². The number of halogens is 2. The maximum atomic E-state index is 5.99. The van der Waals surface area contributed by atoms with Gasteiger partial charge < -0.3 is 0 Å². The molecule has 12 heavy (non-hydrogen) atoms. The average molecular weight is 208 g/mol. The summed E-state index contributed by atoms with van der Waals surface area (Å²) in [5.74, 6) is 0. The first kappa shape index (κ1) is 10.4. The predicted octanol–water partition coefficient (Wildman–Crippen LogP) is 2.83. The number of piperidine rings is 1. The van der Waals surface area contributed by atoms with E-state index >= 15 is 0 Å². The molecule has 1 rings (SSSR count). The molecule has 1 saturated heterocycles. The van der Waals surface area contributed by atoms with Crippen LogP contribution in [-0.2, 0) is 0 Å². The van der Waals surface area contributed by atoms with Gasteiger partial charge in [0.05, 0.1) is 0 Å². The zero-order chi connectivity index (χ0) is 8.97. The third-order valence-electron chi connectivity index (χ3n) is 2.18. The minimum absolute atomic E-state index is 0.390. The lowest BCUT2D eigenvalue weighted by atomic mass is 10.1. The molecule has 0 aromatic rings. The molecule has 1 nitrogen and oxygen atoms in total. The molecule has 0 atom stereocenters. The maximum Gasteiger partial charge on any atom is 0.0360 e. The number of hydrogen-bond acceptors (Lipinski definition) is 1. The van der Waals surface area contributed by atoms with E-state index in [2.05, 4.69) is 11.8 Å². The van der Waals surface area contributed by atoms with Gasteiger partial charge >= 0.3 is 0 Å². The van der Waals surface area contributed by atoms with Gasteiger partial charge in [0, 0.05) is 17.5 Å². The van der Waals surface area contributed by atoms with Crippen LogP contribution < -0.4 is 0 Å². The molecule has 70 valence electrons. The van der Waals surface area contributed by atoms with Crippen molar-refractivity contribution in [1.29, 1.82) is 0 Å². The highest BCUT2D eigenvalue weighted by atomic mass is 35.5. The minimum Gasteiger partial charge on any atom is -0.299 e. The monoisotopic (exact) mass is 207 g/mol. The van der Waals surface area contributed by atoms with Crippen molar-refractivity contribution < 1.29 is 0 Å². The Morgan fingerprint density at radius 3 is 2.58 bits per heavy atom. The van der Waals surface area contributed by atoms with Gasteiger partial charge in [-0.1, -0.05) is 11.6 Å². The van der Waals surface area contributed by atoms with Crippen LogP contribution in [-0.4, -0.2) is 29.9 Å². The fourth-order valence-electron chi connectivity index (χ4n) is 1.45. The summed E-state index contributed by atoms with van der Waals surface area (Å²) in [4.78, 5) is 2.40. The number of nitrogens with zero attached hydrogens (tertiary/aromatic N) is 1. The summed E-state index contributed by atoms with van der Waals surface area (Å²) in [6.07, 6.45) is 2.22. The van der Waals surface area contributed by atoms with Gasteiger partial charge in [-0.2, -0.15) is 0 Å². The normalized spacial score (nSPS) is 23.1. The highest BCUT2D eigenvalue weighted by molar-refractivity contribution is 6.25. The van der Waals surface area contributed by atoms with Crippen molar-refractivity contribution in [3.05, 3.63) is 11.1 Å². The zero-order valence-electron chi connectivity index (χ0n) is 7.39. The topological polar surface area (TPSA) is 3.24 Å². The first-order valence-corrected chi connectivity index (χ1v) is 5.22. The van der Waals surface area contributed by atoms with Crippen LogP contribution in [0.5, 0.6) is 0 Å². The molecule has 0 aromatic carbocycles. The third-order valence-corrected chi connectivity index (χ3v) is 2.99. The van der Waals surface area contributed by atoms with Gasteiger partial charge in [-0.15, -0.1) is 11.6 Å². The van der Waals surface area contributed by atoms with Crippen LogP contribution in [0.3, 0.4) is 0 Å². The molecule has 1 fully saturated rings. The fourth-order valence-corrected chi connectivity index (χ4v) is 1.71. The van der Waals surface area contributed by atoms with Gasteiger partial charge in [0.25, 0.3) is 0 Å². The second-order valence-corrected chi connectivity index (χ2v) is 4.24. The SMILES string of the molecule is CC(=CCl)CN1CCC(Cl)CC1. The maximum absolute atomic E-state index is 5.99. The summed E-state index contributed by atoms with van der Waals surface area (Å²) >= 11 is 11.6. The number of hydrogen-bond donors (Lipinski definition) is 0. The van der Waals surface area contributed by atoms with E-state index in [0.29, 0.717) is 5.38 Å². The summed E-state index contributed by atoms with van der Waals surface area (Å²) in [5.41, 5.74) is 2.89. The lowest BCUT2D eigenvalue weighted by Gasteiger charge is -2.29. The van der Waals surface area contributed by atoms with Gasteiger partial charge in [0.2, 0.25) is 0 Å². The molecule has 0 radical (unpaired) electrons. The van der Waals surface area contributed by atoms with E-state index in [0.717, 1.165) is 32.5 Å². The van der Waals surface area contributed by atoms with E-state index in [1.165, 1.54) is 5.57 Å². The Morgan fingerprint density at radius 1 is 1.50 bits per heavy atom. The standard InChI is InChI=1S/C9H15Cl2N/c1-8(6-10)7-12-4-2-9(11)3-5-12/h6,9H,2-5,7H2,1H3. The van der Waals surface area contributed by atoms with Crippen LogP contribution >= 0.6 is 23.2 Å². The molecular formula is C9H15Cl2N. The molecule has 1 aliphatic heterocycles. The van der Waals surface area contributed by atoms with Crippen LogP contribution in [0.1, 0.15) is 19.8 Å². The van der Waals surface area contributed by atoms with Gasteiger partial charge in [-0.05, 0) is 38.4 Å². The van der Waals surface area contributed by atoms with E-state index in [1.807, 2.05) is 0 Å². The van der Waals surface area contributed by atoms with Crippen molar-refractivity contribution in [2.45, 2.75) is 25.1 Å². The molecule has 0 spiro atoms. The van der Waals surface area contributed by atoms with Crippen LogP contribution in [0.2, 0.25) is 0 Å². The van der Waals surface area contributed by atoms with E-state index in [-0.39, 0.29) is 0 Å². The Hall–Kier alpha value is 0.280. The Bertz CT molecular complexity index is 160. The molecule has 0 unspecified atom stereocenters. The predicted molar refractivity (Wildman–Crippen MR) is 54.9 cm³/mol. The van der Waals surface area contributed by atoms with Crippen molar-refractivity contribution in [3.8, 4) is 0 Å². The fraction of sp³-hybridized carbons (Fsp3) is 0.778. The van der Waals surface area contributed by atoms with Crippen molar-refractivity contribution in [3.63, 3.8) is 0 Å². The number of alkyl halides is 1. The third kappa shape index (κ3) is 3.34. The Kier molecular flexibility index (Phi) is 4.41. The number of rotatable bonds is 2. The van der Waals surface area contributed by atoms with Crippen LogP contribution in [0, 0.1) is 0 Å². The minimum atomic E-state index is 0.390. The van der Waals surface area contributed by atoms with Crippen LogP contribution in [0.25, 0.3) is 0 Å². The van der Waals surface area contributed by atoms with E-state index in [9.17, 15) is 0 Å². The van der Waals surface area contributed by atoms with E-state index in [4.69, 9.17) is 23.2 Å². The largest absolute Gasteiger partial charge is 0.299 e. The average Bonchev–Trinajstić information content (AvgIpc) is 2.09. The lowest BCUT2D eigenvalue weighted by Crippen LogP contribution is -2.35. The molecule has 0 aromatic heterocycles. The summed E-state index contributed by atoms with van der Waals surface area (Å²) in [5, 5.41) is 0.390. The molecule has 3 heteroatoms. The highest BCUT2D eigenvalue weighted by Crippen LogP contribution is 2.16. The van der Waals surface area contributed by atoms with Gasteiger partial charge in [-0.3, -0.25) is 4.90 Å². The molecule has 0 bridgehead atoms. The van der Waals surface area contributed by atoms with E-state index in [1.54, 1.807) is 5.54 Å². The summed E-state index contributed by atoms with van der Waals surface area (Å²) in [7, 11) is 0. The quantitative estimate of drug-likeness (QED) is 0.630. The van der Waals surface area contributed by atoms with Crippen molar-refractivity contribution in [1.82, 2.24) is 4.90 Å². The molecule has 1 aliphatic rings. The Balaban J connectivity index is 2.26. The first-order chi connectivity index (χ1) is 5.72. The highest BCUT2D eigenvalue weighted by Gasteiger charge is 2.16. The van der Waals surface area contributed by atoms with Gasteiger partial charge in [0.1, 0.15) is 0 Å². The number of likely N-dealkylation sites (tertiary alicyclic amines) is 1. The lowest BCUT2D eigenvalue weighted by molar-refractivity contribution is 0.249. The molecule has 1 heterocycles. The Labute approximate surface area is 84.3 Å². The molecule has 0 aliphatic carbocycles. The molecule has 0 saturated carbocycles. The summed E-state index contributed by atoms with van der Waals surface area (Å²) < 4.78 is 0. The smallest absolute Gasteiger partial charge is 0.0360 e. The van der Waals surface area contributed by atoms with Crippen molar-refractivity contribution in [2.75, 3.05) is 19.6 Å². The summed E-state index contributed by atoms with van der Waals surface area (Å²) in [6, 6.07) is 0. The zero-order valence-corrected chi connectivity index (χ0v) is 8.91. The van der Waals surface area contributed by atoms with Crippen LogP contribution in [0.4, 0.5) is 0 Å². The van der Waals surface area contributed by atoms with Crippen molar-refractivity contribution in [2.24, 2.45) is 0 Å². The molecular weight excluding hydrogens is 193 g/mol. The molecule has 0 N–H and O–H groups in total. The summed E-state index contributed by atoms with van der Waals surface area (Å²) in [6.45, 7) is 5.26. The first-order valence-electron chi connectivity index (χ1n) is 4.34. The van der Waals surface area contributed by atoms with Gasteiger partial charge in [-0.25, -0.2) is 0 Å². The van der Waals surface area contributed by atoms with Crippen molar-refractivity contribution >= 4 is 23.2 Å². The van der Waals surface area contributed by atoms with Gasteiger partial charge in [0.15, 0.2) is 0 Å². The molecule has 0 amide bonds. The van der Waals surface area contributed by atoms with Crippen LogP contribution in [0.15, 0.2) is 11.1 Å². The second-order valence-electron chi connectivity index (χ2n) is 3.41. The Morgan fingerprint density at radius 2 is 2.08 bits per heavy atom. The second kappa shape index (κ2) is 5.11.